The van der Waals surface area contributed by atoms with Gasteiger partial charge < -0.3 is 20.3 Å². The third kappa shape index (κ3) is 5.36. The van der Waals surface area contributed by atoms with E-state index in [1.54, 1.807) is 0 Å². The predicted octanol–water partition coefficient (Wildman–Crippen LogP) is 3.07. The fourth-order valence-electron chi connectivity index (χ4n) is 2.26. The van der Waals surface area contributed by atoms with E-state index in [4.69, 9.17) is 10.5 Å². The van der Waals surface area contributed by atoms with Crippen LogP contribution in [-0.2, 0) is 0 Å². The van der Waals surface area contributed by atoms with E-state index in [9.17, 15) is 0 Å². The Morgan fingerprint density at radius 2 is 1.81 bits per heavy atom. The Bertz CT molecular complexity index is 404. The molecule has 0 atom stereocenters. The molecule has 1 rings (SSSR count). The first-order valence-electron chi connectivity index (χ1n) is 7.92. The molecule has 0 aromatic carbocycles. The Hall–Kier alpha value is -1.01. The summed E-state index contributed by atoms with van der Waals surface area (Å²) in [6, 6.07) is 0. The molecule has 0 spiro atoms. The third-order valence-corrected chi connectivity index (χ3v) is 4.38. The van der Waals surface area contributed by atoms with Gasteiger partial charge in [-0.25, -0.2) is 0 Å². The van der Waals surface area contributed by atoms with Gasteiger partial charge in [0, 0.05) is 13.1 Å². The van der Waals surface area contributed by atoms with Gasteiger partial charge in [-0.2, -0.15) is 4.37 Å². The minimum Gasteiger partial charge on any atom is -0.484 e. The van der Waals surface area contributed by atoms with E-state index in [2.05, 4.69) is 34.9 Å². The lowest BCUT2D eigenvalue weighted by Crippen LogP contribution is -2.30. The second-order valence-corrected chi connectivity index (χ2v) is 6.08. The summed E-state index contributed by atoms with van der Waals surface area (Å²) < 4.78 is 10.1. The number of nitrogens with zero attached hydrogens (tertiary/aromatic N) is 3. The molecule has 2 N–H and O–H groups in total. The van der Waals surface area contributed by atoms with Crippen molar-refractivity contribution in [2.75, 3.05) is 43.4 Å². The second kappa shape index (κ2) is 9.10. The van der Waals surface area contributed by atoms with E-state index in [1.807, 2.05) is 13.8 Å². The average molecular weight is 314 g/mol. The first kappa shape index (κ1) is 18.0. The van der Waals surface area contributed by atoms with Crippen molar-refractivity contribution in [1.82, 2.24) is 9.27 Å². The molecule has 0 amide bonds. The molecule has 0 aliphatic heterocycles. The zero-order valence-electron chi connectivity index (χ0n) is 14.1. The molecule has 0 aliphatic carbocycles. The van der Waals surface area contributed by atoms with E-state index in [1.165, 1.54) is 11.5 Å². The molecular weight excluding hydrogens is 284 g/mol. The van der Waals surface area contributed by atoms with Gasteiger partial charge in [-0.05, 0) is 58.4 Å². The quantitative estimate of drug-likeness (QED) is 0.719. The van der Waals surface area contributed by atoms with Gasteiger partial charge in [-0.15, -0.1) is 0 Å². The standard InChI is InChI=1S/C15H30N4OS/c1-6-18(7-2)10-9-11-19(8-3)15-13(20-12(4)5)14(16)17-21-15/h12H,6-11H2,1-5H3,(H2,16,17). The summed E-state index contributed by atoms with van der Waals surface area (Å²) in [7, 11) is 0. The van der Waals surface area contributed by atoms with Gasteiger partial charge in [0.1, 0.15) is 0 Å². The van der Waals surface area contributed by atoms with Crippen LogP contribution in [0.2, 0.25) is 0 Å². The minimum atomic E-state index is 0.108. The van der Waals surface area contributed by atoms with Crippen LogP contribution in [0, 0.1) is 0 Å². The van der Waals surface area contributed by atoms with Crippen molar-refractivity contribution in [2.24, 2.45) is 0 Å². The number of ether oxygens (including phenoxy) is 1. The van der Waals surface area contributed by atoms with Crippen LogP contribution < -0.4 is 15.4 Å². The van der Waals surface area contributed by atoms with Crippen LogP contribution in [0.4, 0.5) is 10.8 Å². The highest BCUT2D eigenvalue weighted by atomic mass is 32.1. The normalized spacial score (nSPS) is 11.4. The van der Waals surface area contributed by atoms with Gasteiger partial charge in [0.05, 0.1) is 6.10 Å². The largest absolute Gasteiger partial charge is 0.484 e. The molecule has 0 bridgehead atoms. The Morgan fingerprint density at radius 1 is 1.14 bits per heavy atom. The fraction of sp³-hybridized carbons (Fsp3) is 0.800. The molecular formula is C15H30N4OS. The lowest BCUT2D eigenvalue weighted by molar-refractivity contribution is 0.244. The molecule has 0 saturated heterocycles. The van der Waals surface area contributed by atoms with E-state index in [0.717, 1.165) is 49.9 Å². The van der Waals surface area contributed by atoms with E-state index < -0.39 is 0 Å². The number of aromatic nitrogens is 1. The number of hydrogen-bond acceptors (Lipinski definition) is 6. The predicted molar refractivity (Wildman–Crippen MR) is 92.6 cm³/mol. The highest BCUT2D eigenvalue weighted by Crippen LogP contribution is 2.38. The number of nitrogen functional groups attached to an aromatic ring is 1. The summed E-state index contributed by atoms with van der Waals surface area (Å²) in [6.07, 6.45) is 1.24. The molecule has 1 aromatic heterocycles. The lowest BCUT2D eigenvalue weighted by atomic mass is 10.3. The first-order valence-corrected chi connectivity index (χ1v) is 8.69. The summed E-state index contributed by atoms with van der Waals surface area (Å²) in [4.78, 5) is 4.76. The van der Waals surface area contributed by atoms with Crippen molar-refractivity contribution in [3.8, 4) is 5.75 Å². The van der Waals surface area contributed by atoms with Crippen LogP contribution >= 0.6 is 11.5 Å². The highest BCUT2D eigenvalue weighted by molar-refractivity contribution is 7.11. The van der Waals surface area contributed by atoms with Crippen LogP contribution in [0.5, 0.6) is 5.75 Å². The molecule has 21 heavy (non-hydrogen) atoms. The summed E-state index contributed by atoms with van der Waals surface area (Å²) in [5.41, 5.74) is 5.94. The molecule has 0 saturated carbocycles. The average Bonchev–Trinajstić information content (AvgIpc) is 2.80. The summed E-state index contributed by atoms with van der Waals surface area (Å²) >= 11 is 1.43. The Kier molecular flexibility index (Phi) is 7.82. The van der Waals surface area contributed by atoms with Crippen molar-refractivity contribution < 1.29 is 4.74 Å². The van der Waals surface area contributed by atoms with Gasteiger partial charge in [-0.3, -0.25) is 0 Å². The van der Waals surface area contributed by atoms with Gasteiger partial charge >= 0.3 is 0 Å². The monoisotopic (exact) mass is 314 g/mol. The Morgan fingerprint density at radius 3 is 2.33 bits per heavy atom. The summed E-state index contributed by atoms with van der Waals surface area (Å²) in [5, 5.41) is 1.06. The van der Waals surface area contributed by atoms with Crippen molar-refractivity contribution >= 4 is 22.4 Å². The SMILES string of the molecule is CCN(CC)CCCN(CC)c1snc(N)c1OC(C)C. The smallest absolute Gasteiger partial charge is 0.198 e. The van der Waals surface area contributed by atoms with E-state index in [-0.39, 0.29) is 6.10 Å². The number of nitrogens with two attached hydrogens (primary N) is 1. The maximum atomic E-state index is 5.94. The number of hydrogen-bond donors (Lipinski definition) is 1. The van der Waals surface area contributed by atoms with Crippen molar-refractivity contribution in [1.29, 1.82) is 0 Å². The Balaban J connectivity index is 2.67. The highest BCUT2D eigenvalue weighted by Gasteiger charge is 2.19. The third-order valence-electron chi connectivity index (χ3n) is 3.48. The van der Waals surface area contributed by atoms with Crippen molar-refractivity contribution in [3.05, 3.63) is 0 Å². The van der Waals surface area contributed by atoms with Gasteiger partial charge in [0.2, 0.25) is 0 Å². The first-order chi connectivity index (χ1) is 10.0. The zero-order chi connectivity index (χ0) is 15.8. The fourth-order valence-corrected chi connectivity index (χ4v) is 3.10. The number of anilines is 2. The molecule has 1 heterocycles. The molecule has 0 aliphatic rings. The van der Waals surface area contributed by atoms with E-state index >= 15 is 0 Å². The molecule has 0 radical (unpaired) electrons. The molecule has 1 aromatic rings. The zero-order valence-corrected chi connectivity index (χ0v) is 14.9. The van der Waals surface area contributed by atoms with Crippen LogP contribution in [0.25, 0.3) is 0 Å². The molecule has 5 nitrogen and oxygen atoms in total. The topological polar surface area (TPSA) is 54.6 Å². The second-order valence-electron chi connectivity index (χ2n) is 5.33. The van der Waals surface area contributed by atoms with Crippen LogP contribution in [-0.4, -0.2) is 48.1 Å². The molecule has 122 valence electrons. The minimum absolute atomic E-state index is 0.108. The Labute approximate surface area is 133 Å². The maximum absolute atomic E-state index is 5.94. The van der Waals surface area contributed by atoms with Crippen molar-refractivity contribution in [3.63, 3.8) is 0 Å². The summed E-state index contributed by atoms with van der Waals surface area (Å²) in [6.45, 7) is 15.9. The number of rotatable bonds is 10. The van der Waals surface area contributed by atoms with Crippen LogP contribution in [0.15, 0.2) is 0 Å². The summed E-state index contributed by atoms with van der Waals surface area (Å²) in [5.74, 6) is 1.26. The van der Waals surface area contributed by atoms with Crippen LogP contribution in [0.3, 0.4) is 0 Å². The molecule has 0 unspecified atom stereocenters. The van der Waals surface area contributed by atoms with Crippen LogP contribution in [0.1, 0.15) is 41.0 Å². The molecule has 6 heteroatoms. The lowest BCUT2D eigenvalue weighted by Gasteiger charge is -2.25. The van der Waals surface area contributed by atoms with Gasteiger partial charge in [0.15, 0.2) is 16.6 Å². The van der Waals surface area contributed by atoms with E-state index in [0.29, 0.717) is 5.82 Å². The van der Waals surface area contributed by atoms with Gasteiger partial charge in [-0.1, -0.05) is 13.8 Å². The van der Waals surface area contributed by atoms with Crippen molar-refractivity contribution in [2.45, 2.75) is 47.1 Å². The maximum Gasteiger partial charge on any atom is 0.198 e. The van der Waals surface area contributed by atoms with Gasteiger partial charge in [0.25, 0.3) is 0 Å². The molecule has 0 fully saturated rings.